The van der Waals surface area contributed by atoms with Crippen LogP contribution >= 0.6 is 15.9 Å². The number of rotatable bonds is 5. The molecule has 1 N–H and O–H groups in total. The first-order chi connectivity index (χ1) is 13.2. The highest BCUT2D eigenvalue weighted by Crippen LogP contribution is 2.35. The van der Waals surface area contributed by atoms with Crippen LogP contribution in [0.2, 0.25) is 0 Å². The Kier molecular flexibility index (Phi) is 5.50. The number of hydrazone groups is 1. The monoisotopic (exact) mass is 453 g/mol. The van der Waals surface area contributed by atoms with Gasteiger partial charge in [0.2, 0.25) is 0 Å². The molecule has 3 rings (SSSR count). The lowest BCUT2D eigenvalue weighted by Gasteiger charge is -2.08. The highest BCUT2D eigenvalue weighted by atomic mass is 79.9. The van der Waals surface area contributed by atoms with E-state index in [9.17, 15) is 23.3 Å². The maximum atomic E-state index is 12.7. The van der Waals surface area contributed by atoms with Gasteiger partial charge < -0.3 is 4.42 Å². The fraction of sp³-hybridized carbons (Fsp3) is 0.0556. The summed E-state index contributed by atoms with van der Waals surface area (Å²) in [5.74, 6) is 0.945. The number of nitro benzene ring substituents is 1. The molecule has 0 aliphatic heterocycles. The van der Waals surface area contributed by atoms with Crippen molar-refractivity contribution in [2.75, 3.05) is 5.43 Å². The highest BCUT2D eigenvalue weighted by molar-refractivity contribution is 9.10. The highest BCUT2D eigenvalue weighted by Gasteiger charge is 2.33. The molecule has 0 saturated carbocycles. The van der Waals surface area contributed by atoms with Crippen molar-refractivity contribution in [2.45, 2.75) is 6.18 Å². The molecule has 0 saturated heterocycles. The van der Waals surface area contributed by atoms with E-state index in [1.807, 2.05) is 24.3 Å². The molecule has 144 valence electrons. The minimum Gasteiger partial charge on any atom is -0.455 e. The number of nitro groups is 1. The van der Waals surface area contributed by atoms with Crippen LogP contribution in [0.15, 0.2) is 68.6 Å². The van der Waals surface area contributed by atoms with E-state index in [2.05, 4.69) is 26.5 Å². The van der Waals surface area contributed by atoms with E-state index in [0.29, 0.717) is 17.6 Å². The SMILES string of the molecule is O=[N+]([O-])c1cc(C(F)(F)F)ccc1N/N=C\c1ccc(-c2cccc(Br)c2)o1. The summed E-state index contributed by atoms with van der Waals surface area (Å²) in [5.41, 5.74) is 1.19. The molecule has 6 nitrogen and oxygen atoms in total. The molecule has 0 atom stereocenters. The Morgan fingerprint density at radius 3 is 2.61 bits per heavy atom. The summed E-state index contributed by atoms with van der Waals surface area (Å²) >= 11 is 3.37. The first-order valence-electron chi connectivity index (χ1n) is 7.74. The molecule has 0 aliphatic rings. The second-order valence-corrected chi connectivity index (χ2v) is 6.48. The van der Waals surface area contributed by atoms with Gasteiger partial charge in [-0.05, 0) is 36.4 Å². The molecule has 28 heavy (non-hydrogen) atoms. The lowest BCUT2D eigenvalue weighted by atomic mass is 10.1. The molecular weight excluding hydrogens is 443 g/mol. The van der Waals surface area contributed by atoms with Crippen LogP contribution in [0.4, 0.5) is 24.5 Å². The van der Waals surface area contributed by atoms with Crippen LogP contribution in [0.25, 0.3) is 11.3 Å². The van der Waals surface area contributed by atoms with Crippen LogP contribution in [0.3, 0.4) is 0 Å². The number of hydrogen-bond acceptors (Lipinski definition) is 5. The minimum absolute atomic E-state index is 0.173. The number of nitrogens with zero attached hydrogens (tertiary/aromatic N) is 2. The van der Waals surface area contributed by atoms with Gasteiger partial charge in [0.1, 0.15) is 17.2 Å². The van der Waals surface area contributed by atoms with Crippen LogP contribution in [-0.2, 0) is 6.18 Å². The van der Waals surface area contributed by atoms with Gasteiger partial charge in [-0.15, -0.1) is 0 Å². The lowest BCUT2D eigenvalue weighted by molar-refractivity contribution is -0.384. The third kappa shape index (κ3) is 4.58. The molecule has 3 aromatic rings. The van der Waals surface area contributed by atoms with Gasteiger partial charge in [-0.3, -0.25) is 15.5 Å². The van der Waals surface area contributed by atoms with Gasteiger partial charge in [0, 0.05) is 16.1 Å². The Balaban J connectivity index is 1.77. The van der Waals surface area contributed by atoms with Gasteiger partial charge in [-0.2, -0.15) is 18.3 Å². The second-order valence-electron chi connectivity index (χ2n) is 5.57. The average molecular weight is 454 g/mol. The molecule has 1 aromatic heterocycles. The van der Waals surface area contributed by atoms with Crippen molar-refractivity contribution in [3.8, 4) is 11.3 Å². The fourth-order valence-corrected chi connectivity index (χ4v) is 2.74. The molecule has 0 radical (unpaired) electrons. The number of hydrogen-bond donors (Lipinski definition) is 1. The maximum absolute atomic E-state index is 12.7. The predicted octanol–water partition coefficient (Wildman–Crippen LogP) is 6.08. The van der Waals surface area contributed by atoms with E-state index >= 15 is 0 Å². The Hall–Kier alpha value is -3.14. The number of anilines is 1. The summed E-state index contributed by atoms with van der Waals surface area (Å²) in [7, 11) is 0. The van der Waals surface area contributed by atoms with Crippen molar-refractivity contribution in [1.29, 1.82) is 0 Å². The molecule has 0 amide bonds. The number of nitrogens with one attached hydrogen (secondary N) is 1. The average Bonchev–Trinajstić information content (AvgIpc) is 3.10. The Bertz CT molecular complexity index is 1050. The summed E-state index contributed by atoms with van der Waals surface area (Å²) in [5, 5.41) is 14.9. The van der Waals surface area contributed by atoms with Gasteiger partial charge >= 0.3 is 6.18 Å². The molecule has 0 bridgehead atoms. The fourth-order valence-electron chi connectivity index (χ4n) is 2.34. The number of halogens is 4. The summed E-state index contributed by atoms with van der Waals surface area (Å²) < 4.78 is 44.6. The molecule has 10 heteroatoms. The van der Waals surface area contributed by atoms with Crippen LogP contribution in [0, 0.1) is 10.1 Å². The molecule has 0 fully saturated rings. The zero-order chi connectivity index (χ0) is 20.3. The third-order valence-corrected chi connectivity index (χ3v) is 4.13. The van der Waals surface area contributed by atoms with E-state index in [1.165, 1.54) is 6.21 Å². The maximum Gasteiger partial charge on any atom is 0.416 e. The molecular formula is C18H11BrF3N3O3. The summed E-state index contributed by atoms with van der Waals surface area (Å²) in [6, 6.07) is 13.0. The second kappa shape index (κ2) is 7.85. The molecule has 0 unspecified atom stereocenters. The van der Waals surface area contributed by atoms with Gasteiger partial charge in [0.15, 0.2) is 0 Å². The molecule has 2 aromatic carbocycles. The van der Waals surface area contributed by atoms with Crippen molar-refractivity contribution < 1.29 is 22.5 Å². The Morgan fingerprint density at radius 1 is 1.14 bits per heavy atom. The van der Waals surface area contributed by atoms with Crippen LogP contribution in [0.1, 0.15) is 11.3 Å². The Labute approximate surface area is 165 Å². The van der Waals surface area contributed by atoms with Gasteiger partial charge in [-0.25, -0.2) is 0 Å². The van der Waals surface area contributed by atoms with Crippen LogP contribution in [-0.4, -0.2) is 11.1 Å². The summed E-state index contributed by atoms with van der Waals surface area (Å²) in [6.45, 7) is 0. The van der Waals surface area contributed by atoms with E-state index in [1.54, 1.807) is 12.1 Å². The molecule has 0 spiro atoms. The van der Waals surface area contributed by atoms with Crippen molar-refractivity contribution in [3.05, 3.63) is 80.5 Å². The van der Waals surface area contributed by atoms with Crippen molar-refractivity contribution in [2.24, 2.45) is 5.10 Å². The number of alkyl halides is 3. The van der Waals surface area contributed by atoms with Crippen molar-refractivity contribution in [3.63, 3.8) is 0 Å². The van der Waals surface area contributed by atoms with Gasteiger partial charge in [-0.1, -0.05) is 28.1 Å². The topological polar surface area (TPSA) is 80.7 Å². The smallest absolute Gasteiger partial charge is 0.416 e. The molecule has 1 heterocycles. The Morgan fingerprint density at radius 2 is 1.93 bits per heavy atom. The van der Waals surface area contributed by atoms with Gasteiger partial charge in [0.25, 0.3) is 5.69 Å². The van der Waals surface area contributed by atoms with E-state index < -0.39 is 22.4 Å². The standard InChI is InChI=1S/C18H11BrF3N3O3/c19-13-3-1-2-11(8-13)17-7-5-14(28-17)10-23-24-15-6-4-12(18(20,21)22)9-16(15)25(26)27/h1-10,24H/b23-10-. The zero-order valence-electron chi connectivity index (χ0n) is 13.9. The lowest BCUT2D eigenvalue weighted by Crippen LogP contribution is -2.06. The van der Waals surface area contributed by atoms with Crippen LogP contribution in [0.5, 0.6) is 0 Å². The van der Waals surface area contributed by atoms with Crippen LogP contribution < -0.4 is 5.43 Å². The number of furan rings is 1. The normalized spacial score (nSPS) is 11.7. The number of benzene rings is 2. The first-order valence-corrected chi connectivity index (χ1v) is 8.54. The summed E-state index contributed by atoms with van der Waals surface area (Å²) in [4.78, 5) is 10.1. The zero-order valence-corrected chi connectivity index (χ0v) is 15.5. The quantitative estimate of drug-likeness (QED) is 0.288. The predicted molar refractivity (Wildman–Crippen MR) is 101 cm³/mol. The first kappa shape index (κ1) is 19.6. The van der Waals surface area contributed by atoms with Crippen molar-refractivity contribution >= 4 is 33.5 Å². The van der Waals surface area contributed by atoms with Crippen molar-refractivity contribution in [1.82, 2.24) is 0 Å². The minimum atomic E-state index is -4.68. The largest absolute Gasteiger partial charge is 0.455 e. The van der Waals surface area contributed by atoms with E-state index in [0.717, 1.165) is 22.2 Å². The van der Waals surface area contributed by atoms with Gasteiger partial charge in [0.05, 0.1) is 16.7 Å². The van der Waals surface area contributed by atoms with E-state index in [4.69, 9.17) is 4.42 Å². The van der Waals surface area contributed by atoms with E-state index in [-0.39, 0.29) is 5.69 Å². The summed E-state index contributed by atoms with van der Waals surface area (Å²) in [6.07, 6.45) is -3.41. The molecule has 0 aliphatic carbocycles. The third-order valence-electron chi connectivity index (χ3n) is 3.63.